The molecule has 3 aromatic rings. The lowest BCUT2D eigenvalue weighted by molar-refractivity contribution is 0.0996. The Balaban J connectivity index is 1.73. The van der Waals surface area contributed by atoms with Crippen LogP contribution in [0.4, 0.5) is 5.82 Å². The highest BCUT2D eigenvalue weighted by atomic mass is 35.5. The number of aromatic nitrogens is 2. The van der Waals surface area contributed by atoms with Crippen molar-refractivity contribution in [3.63, 3.8) is 0 Å². The predicted molar refractivity (Wildman–Crippen MR) is 84.5 cm³/mol. The second-order valence-corrected chi connectivity index (χ2v) is 5.34. The molecule has 0 saturated heterocycles. The minimum Gasteiger partial charge on any atom is -0.459 e. The number of hydrogen-bond acceptors (Lipinski definition) is 3. The summed E-state index contributed by atoms with van der Waals surface area (Å²) >= 11 is 12.3. The maximum absolute atomic E-state index is 11.9. The second kappa shape index (κ2) is 6.25. The number of halogens is 2. The Morgan fingerprint density at radius 2 is 1.95 bits per heavy atom. The van der Waals surface area contributed by atoms with Crippen LogP contribution in [0.1, 0.15) is 16.1 Å². The fourth-order valence-electron chi connectivity index (χ4n) is 1.95. The first-order valence-electron chi connectivity index (χ1n) is 6.44. The summed E-state index contributed by atoms with van der Waals surface area (Å²) in [5, 5.41) is 8.06. The number of rotatable bonds is 4. The van der Waals surface area contributed by atoms with Gasteiger partial charge in [-0.25, -0.2) is 0 Å². The van der Waals surface area contributed by atoms with Gasteiger partial charge in [-0.3, -0.25) is 9.48 Å². The zero-order valence-corrected chi connectivity index (χ0v) is 12.8. The van der Waals surface area contributed by atoms with Crippen LogP contribution in [0.5, 0.6) is 0 Å². The van der Waals surface area contributed by atoms with Gasteiger partial charge in [0, 0.05) is 27.9 Å². The second-order valence-electron chi connectivity index (χ2n) is 4.53. The molecule has 22 heavy (non-hydrogen) atoms. The fraction of sp³-hybridized carbons (Fsp3) is 0.0667. The van der Waals surface area contributed by atoms with E-state index in [2.05, 4.69) is 10.4 Å². The van der Waals surface area contributed by atoms with Gasteiger partial charge in [-0.05, 0) is 24.3 Å². The first-order chi connectivity index (χ1) is 10.6. The van der Waals surface area contributed by atoms with Crippen molar-refractivity contribution in [2.24, 2.45) is 0 Å². The number of nitrogens with zero attached hydrogens (tertiary/aromatic N) is 2. The first-order valence-corrected chi connectivity index (χ1v) is 7.20. The number of furan rings is 1. The lowest BCUT2D eigenvalue weighted by atomic mass is 10.2. The van der Waals surface area contributed by atoms with Crippen molar-refractivity contribution in [2.45, 2.75) is 6.54 Å². The van der Waals surface area contributed by atoms with E-state index in [0.717, 1.165) is 5.56 Å². The maximum atomic E-state index is 11.9. The van der Waals surface area contributed by atoms with Crippen LogP contribution in [0.25, 0.3) is 0 Å². The number of carbonyl (C=O) groups excluding carboxylic acids is 1. The zero-order valence-electron chi connectivity index (χ0n) is 11.3. The molecule has 7 heteroatoms. The quantitative estimate of drug-likeness (QED) is 0.781. The maximum Gasteiger partial charge on any atom is 0.292 e. The number of nitrogens with one attached hydrogen (secondary N) is 1. The van der Waals surface area contributed by atoms with E-state index in [-0.39, 0.29) is 11.7 Å². The molecule has 2 aromatic heterocycles. The summed E-state index contributed by atoms with van der Waals surface area (Å²) in [7, 11) is 0. The third-order valence-corrected chi connectivity index (χ3v) is 3.72. The Kier molecular flexibility index (Phi) is 4.18. The fourth-order valence-corrected chi connectivity index (χ4v) is 2.46. The molecule has 0 spiro atoms. The summed E-state index contributed by atoms with van der Waals surface area (Å²) in [6, 6.07) is 10.2. The van der Waals surface area contributed by atoms with Crippen molar-refractivity contribution >= 4 is 34.9 Å². The van der Waals surface area contributed by atoms with Crippen molar-refractivity contribution < 1.29 is 9.21 Å². The average Bonchev–Trinajstić information content (AvgIpc) is 3.15. The summed E-state index contributed by atoms with van der Waals surface area (Å²) in [4.78, 5) is 11.9. The Hall–Kier alpha value is -2.24. The smallest absolute Gasteiger partial charge is 0.292 e. The Morgan fingerprint density at radius 1 is 1.18 bits per heavy atom. The van der Waals surface area contributed by atoms with Crippen molar-refractivity contribution in [2.75, 3.05) is 5.32 Å². The molecule has 1 N–H and O–H groups in total. The topological polar surface area (TPSA) is 60.1 Å². The number of anilines is 1. The van der Waals surface area contributed by atoms with Crippen LogP contribution in [-0.2, 0) is 6.54 Å². The van der Waals surface area contributed by atoms with Crippen LogP contribution >= 0.6 is 23.2 Å². The van der Waals surface area contributed by atoms with E-state index in [1.807, 2.05) is 0 Å². The third kappa shape index (κ3) is 3.16. The van der Waals surface area contributed by atoms with Crippen molar-refractivity contribution in [3.05, 3.63) is 70.2 Å². The van der Waals surface area contributed by atoms with E-state index in [9.17, 15) is 4.79 Å². The molecule has 0 saturated carbocycles. The van der Waals surface area contributed by atoms with Gasteiger partial charge >= 0.3 is 0 Å². The molecular weight excluding hydrogens is 325 g/mol. The highest BCUT2D eigenvalue weighted by molar-refractivity contribution is 6.35. The minimum absolute atomic E-state index is 0.226. The number of hydrogen-bond donors (Lipinski definition) is 1. The summed E-state index contributed by atoms with van der Waals surface area (Å²) in [5.74, 6) is 0.291. The molecule has 112 valence electrons. The minimum atomic E-state index is -0.356. The molecule has 0 unspecified atom stereocenters. The van der Waals surface area contributed by atoms with Gasteiger partial charge in [-0.2, -0.15) is 5.10 Å². The molecule has 1 aromatic carbocycles. The van der Waals surface area contributed by atoms with Crippen LogP contribution in [-0.4, -0.2) is 15.7 Å². The molecule has 0 aliphatic heterocycles. The molecule has 2 heterocycles. The summed E-state index contributed by atoms with van der Waals surface area (Å²) in [5.41, 5.74) is 0.776. The Morgan fingerprint density at radius 3 is 2.64 bits per heavy atom. The van der Waals surface area contributed by atoms with E-state index in [1.54, 1.807) is 47.3 Å². The summed E-state index contributed by atoms with van der Waals surface area (Å²) < 4.78 is 6.66. The summed E-state index contributed by atoms with van der Waals surface area (Å²) in [6.45, 7) is 0.412. The molecule has 0 radical (unpaired) electrons. The van der Waals surface area contributed by atoms with Crippen molar-refractivity contribution in [1.29, 1.82) is 0 Å². The van der Waals surface area contributed by atoms with Crippen LogP contribution in [0, 0.1) is 0 Å². The highest BCUT2D eigenvalue weighted by Gasteiger charge is 2.11. The van der Waals surface area contributed by atoms with Gasteiger partial charge < -0.3 is 9.73 Å². The van der Waals surface area contributed by atoms with E-state index >= 15 is 0 Å². The Labute approximate surface area is 136 Å². The molecular formula is C15H11Cl2N3O2. The summed E-state index contributed by atoms with van der Waals surface area (Å²) in [6.07, 6.45) is 3.17. The zero-order chi connectivity index (χ0) is 15.5. The molecule has 3 rings (SSSR count). The lowest BCUT2D eigenvalue weighted by Gasteiger charge is -2.06. The largest absolute Gasteiger partial charge is 0.459 e. The van der Waals surface area contributed by atoms with Gasteiger partial charge in [-0.1, -0.05) is 29.3 Å². The normalized spacial score (nSPS) is 10.6. The van der Waals surface area contributed by atoms with Gasteiger partial charge in [0.1, 0.15) is 0 Å². The van der Waals surface area contributed by atoms with Gasteiger partial charge in [0.2, 0.25) is 0 Å². The standard InChI is InChI=1S/C15H11Cl2N3O2/c16-11-3-1-4-12(17)10(11)9-20-7-6-14(19-20)18-15(21)13-5-2-8-22-13/h1-8H,9H2,(H,18,19,21). The monoisotopic (exact) mass is 335 g/mol. The van der Waals surface area contributed by atoms with Crippen LogP contribution in [0.3, 0.4) is 0 Å². The molecule has 0 fully saturated rings. The molecule has 0 aliphatic carbocycles. The van der Waals surface area contributed by atoms with Gasteiger partial charge in [-0.15, -0.1) is 0 Å². The third-order valence-electron chi connectivity index (χ3n) is 3.01. The van der Waals surface area contributed by atoms with E-state index in [1.165, 1.54) is 6.26 Å². The predicted octanol–water partition coefficient (Wildman–Crippen LogP) is 4.08. The number of carbonyl (C=O) groups is 1. The van der Waals surface area contributed by atoms with Gasteiger partial charge in [0.05, 0.1) is 12.8 Å². The number of benzene rings is 1. The molecule has 0 atom stereocenters. The Bertz CT molecular complexity index is 777. The van der Waals surface area contributed by atoms with Crippen LogP contribution < -0.4 is 5.32 Å². The first kappa shape index (κ1) is 14.7. The van der Waals surface area contributed by atoms with Gasteiger partial charge in [0.15, 0.2) is 11.6 Å². The van der Waals surface area contributed by atoms with Crippen LogP contribution in [0.2, 0.25) is 10.0 Å². The van der Waals surface area contributed by atoms with E-state index in [4.69, 9.17) is 27.6 Å². The van der Waals surface area contributed by atoms with E-state index in [0.29, 0.717) is 22.4 Å². The van der Waals surface area contributed by atoms with Crippen LogP contribution in [0.15, 0.2) is 53.3 Å². The molecule has 0 aliphatic rings. The van der Waals surface area contributed by atoms with Crippen molar-refractivity contribution in [3.8, 4) is 0 Å². The highest BCUT2D eigenvalue weighted by Crippen LogP contribution is 2.25. The average molecular weight is 336 g/mol. The molecule has 1 amide bonds. The molecule has 5 nitrogen and oxygen atoms in total. The van der Waals surface area contributed by atoms with E-state index < -0.39 is 0 Å². The number of amides is 1. The van der Waals surface area contributed by atoms with Crippen molar-refractivity contribution in [1.82, 2.24) is 9.78 Å². The van der Waals surface area contributed by atoms with Gasteiger partial charge in [0.25, 0.3) is 5.91 Å². The lowest BCUT2D eigenvalue weighted by Crippen LogP contribution is -2.12. The molecule has 0 bridgehead atoms. The SMILES string of the molecule is O=C(Nc1ccn(Cc2c(Cl)cccc2Cl)n1)c1ccco1.